The molecular formula is C12H18N2O4S. The van der Waals surface area contributed by atoms with E-state index in [1.807, 2.05) is 0 Å². The van der Waals surface area contributed by atoms with Gasteiger partial charge in [0.05, 0.1) is 18.1 Å². The highest BCUT2D eigenvalue weighted by Crippen LogP contribution is 2.15. The van der Waals surface area contributed by atoms with Gasteiger partial charge in [0.25, 0.3) is 5.91 Å². The lowest BCUT2D eigenvalue weighted by Gasteiger charge is -2.30. The molecule has 1 amide bonds. The third kappa shape index (κ3) is 3.36. The Kier molecular flexibility index (Phi) is 3.96. The zero-order valence-corrected chi connectivity index (χ0v) is 11.9. The van der Waals surface area contributed by atoms with Gasteiger partial charge in [0.1, 0.15) is 5.76 Å². The van der Waals surface area contributed by atoms with Crippen LogP contribution in [0.15, 0.2) is 16.7 Å². The summed E-state index contributed by atoms with van der Waals surface area (Å²) < 4.78 is 29.3. The summed E-state index contributed by atoms with van der Waals surface area (Å²) in [5.74, 6) is 0.426. The Balaban J connectivity index is 1.90. The van der Waals surface area contributed by atoms with Gasteiger partial charge in [-0.15, -0.1) is 0 Å². The van der Waals surface area contributed by atoms with Crippen LogP contribution in [0.2, 0.25) is 0 Å². The van der Waals surface area contributed by atoms with E-state index in [-0.39, 0.29) is 11.9 Å². The average Bonchev–Trinajstić information content (AvgIpc) is 2.75. The minimum Gasteiger partial charge on any atom is -0.469 e. The summed E-state index contributed by atoms with van der Waals surface area (Å²) in [6.07, 6.45) is 3.96. The molecule has 0 unspecified atom stereocenters. The van der Waals surface area contributed by atoms with Crippen molar-refractivity contribution < 1.29 is 17.6 Å². The lowest BCUT2D eigenvalue weighted by Crippen LogP contribution is -2.46. The van der Waals surface area contributed by atoms with Gasteiger partial charge in [-0.2, -0.15) is 0 Å². The Hall–Kier alpha value is -1.34. The van der Waals surface area contributed by atoms with Gasteiger partial charge in [-0.05, 0) is 25.8 Å². The van der Waals surface area contributed by atoms with Crippen molar-refractivity contribution in [1.29, 1.82) is 0 Å². The average molecular weight is 286 g/mol. The quantitative estimate of drug-likeness (QED) is 0.889. The van der Waals surface area contributed by atoms with Crippen molar-refractivity contribution in [2.75, 3.05) is 19.3 Å². The predicted molar refractivity (Wildman–Crippen MR) is 70.4 cm³/mol. The fourth-order valence-corrected chi connectivity index (χ4v) is 3.09. The van der Waals surface area contributed by atoms with Crippen molar-refractivity contribution >= 4 is 15.9 Å². The van der Waals surface area contributed by atoms with E-state index in [1.54, 1.807) is 13.0 Å². The van der Waals surface area contributed by atoms with Crippen LogP contribution in [0.5, 0.6) is 0 Å². The lowest BCUT2D eigenvalue weighted by molar-refractivity contribution is 0.0922. The molecule has 19 heavy (non-hydrogen) atoms. The summed E-state index contributed by atoms with van der Waals surface area (Å²) in [6.45, 7) is 2.64. The van der Waals surface area contributed by atoms with Gasteiger partial charge < -0.3 is 9.73 Å². The van der Waals surface area contributed by atoms with E-state index in [4.69, 9.17) is 4.42 Å². The van der Waals surface area contributed by atoms with Crippen LogP contribution in [-0.2, 0) is 10.0 Å². The molecule has 0 aliphatic carbocycles. The largest absolute Gasteiger partial charge is 0.469 e. The van der Waals surface area contributed by atoms with Crippen LogP contribution in [0.25, 0.3) is 0 Å². The fraction of sp³-hybridized carbons (Fsp3) is 0.583. The molecule has 6 nitrogen and oxygen atoms in total. The van der Waals surface area contributed by atoms with E-state index >= 15 is 0 Å². The standard InChI is InChI=1S/C12H18N2O4S/c1-9-11(5-8-18-9)12(15)13-10-3-6-14(7-4-10)19(2,16)17/h5,8,10H,3-4,6-7H2,1-2H3,(H,13,15). The van der Waals surface area contributed by atoms with E-state index in [0.717, 1.165) is 0 Å². The van der Waals surface area contributed by atoms with Crippen LogP contribution >= 0.6 is 0 Å². The smallest absolute Gasteiger partial charge is 0.255 e. The van der Waals surface area contributed by atoms with Crippen LogP contribution in [-0.4, -0.2) is 44.0 Å². The van der Waals surface area contributed by atoms with E-state index in [1.165, 1.54) is 16.8 Å². The van der Waals surface area contributed by atoms with Crippen molar-refractivity contribution in [2.24, 2.45) is 0 Å². The van der Waals surface area contributed by atoms with E-state index in [2.05, 4.69) is 5.32 Å². The van der Waals surface area contributed by atoms with Crippen LogP contribution in [0, 0.1) is 6.92 Å². The van der Waals surface area contributed by atoms with Crippen molar-refractivity contribution in [3.8, 4) is 0 Å². The van der Waals surface area contributed by atoms with E-state index in [0.29, 0.717) is 37.3 Å². The second-order valence-electron chi connectivity index (χ2n) is 4.80. The Morgan fingerprint density at radius 2 is 2.05 bits per heavy atom. The summed E-state index contributed by atoms with van der Waals surface area (Å²) >= 11 is 0. The molecule has 2 heterocycles. The number of sulfonamides is 1. The maximum absolute atomic E-state index is 12.0. The molecule has 1 aromatic heterocycles. The normalized spacial score (nSPS) is 18.4. The van der Waals surface area contributed by atoms with Crippen molar-refractivity contribution in [1.82, 2.24) is 9.62 Å². The fourth-order valence-electron chi connectivity index (χ4n) is 2.22. The molecule has 1 aliphatic heterocycles. The number of nitrogens with zero attached hydrogens (tertiary/aromatic N) is 1. The Morgan fingerprint density at radius 1 is 1.42 bits per heavy atom. The number of furan rings is 1. The monoisotopic (exact) mass is 286 g/mol. The zero-order valence-electron chi connectivity index (χ0n) is 11.0. The number of aryl methyl sites for hydroxylation is 1. The summed E-state index contributed by atoms with van der Waals surface area (Å²) in [4.78, 5) is 12.0. The highest BCUT2D eigenvalue weighted by molar-refractivity contribution is 7.88. The van der Waals surface area contributed by atoms with Crippen LogP contribution < -0.4 is 5.32 Å². The molecule has 1 N–H and O–H groups in total. The molecule has 7 heteroatoms. The van der Waals surface area contributed by atoms with Gasteiger partial charge in [0.15, 0.2) is 0 Å². The topological polar surface area (TPSA) is 79.6 Å². The van der Waals surface area contributed by atoms with Gasteiger partial charge in [-0.1, -0.05) is 0 Å². The SMILES string of the molecule is Cc1occc1C(=O)NC1CCN(S(C)(=O)=O)CC1. The molecule has 1 saturated heterocycles. The highest BCUT2D eigenvalue weighted by Gasteiger charge is 2.26. The molecule has 1 aromatic rings. The third-order valence-electron chi connectivity index (χ3n) is 3.36. The first kappa shape index (κ1) is 14.1. The van der Waals surface area contributed by atoms with Gasteiger partial charge in [0, 0.05) is 19.1 Å². The van der Waals surface area contributed by atoms with Gasteiger partial charge in [0.2, 0.25) is 10.0 Å². The second kappa shape index (κ2) is 5.34. The number of amides is 1. The summed E-state index contributed by atoms with van der Waals surface area (Å²) in [5, 5.41) is 2.91. The number of rotatable bonds is 3. The number of nitrogens with one attached hydrogen (secondary N) is 1. The van der Waals surface area contributed by atoms with Gasteiger partial charge in [-0.3, -0.25) is 4.79 Å². The summed E-state index contributed by atoms with van der Waals surface area (Å²) in [7, 11) is -3.12. The molecule has 0 bridgehead atoms. The first-order valence-electron chi connectivity index (χ1n) is 6.18. The molecule has 2 rings (SSSR count). The van der Waals surface area contributed by atoms with Crippen molar-refractivity contribution in [2.45, 2.75) is 25.8 Å². The first-order valence-corrected chi connectivity index (χ1v) is 8.03. The number of hydrogen-bond acceptors (Lipinski definition) is 4. The summed E-state index contributed by atoms with van der Waals surface area (Å²) in [6, 6.07) is 1.65. The Labute approximate surface area is 112 Å². The van der Waals surface area contributed by atoms with E-state index < -0.39 is 10.0 Å². The molecule has 0 atom stereocenters. The van der Waals surface area contributed by atoms with Crippen LogP contribution in [0.1, 0.15) is 29.0 Å². The Morgan fingerprint density at radius 3 is 2.53 bits per heavy atom. The minimum atomic E-state index is -3.12. The maximum Gasteiger partial charge on any atom is 0.255 e. The maximum atomic E-state index is 12.0. The molecule has 1 aliphatic rings. The predicted octanol–water partition coefficient (Wildman–Crippen LogP) is 0.742. The van der Waals surface area contributed by atoms with Crippen LogP contribution in [0.4, 0.5) is 0 Å². The van der Waals surface area contributed by atoms with Crippen molar-refractivity contribution in [3.05, 3.63) is 23.7 Å². The minimum absolute atomic E-state index is 0.0137. The molecule has 1 fully saturated rings. The highest BCUT2D eigenvalue weighted by atomic mass is 32.2. The molecule has 0 aromatic carbocycles. The number of piperidine rings is 1. The number of carbonyl (C=O) groups is 1. The molecule has 0 spiro atoms. The van der Waals surface area contributed by atoms with Crippen molar-refractivity contribution in [3.63, 3.8) is 0 Å². The number of carbonyl (C=O) groups excluding carboxylic acids is 1. The number of hydrogen-bond donors (Lipinski definition) is 1. The molecular weight excluding hydrogens is 268 g/mol. The van der Waals surface area contributed by atoms with Gasteiger partial charge in [-0.25, -0.2) is 12.7 Å². The first-order chi connectivity index (χ1) is 8.88. The zero-order chi connectivity index (χ0) is 14.0. The summed E-state index contributed by atoms with van der Waals surface area (Å²) in [5.41, 5.74) is 0.533. The lowest BCUT2D eigenvalue weighted by atomic mass is 10.1. The van der Waals surface area contributed by atoms with Crippen LogP contribution in [0.3, 0.4) is 0 Å². The third-order valence-corrected chi connectivity index (χ3v) is 4.66. The molecule has 106 valence electrons. The van der Waals surface area contributed by atoms with E-state index in [9.17, 15) is 13.2 Å². The molecule has 0 saturated carbocycles. The second-order valence-corrected chi connectivity index (χ2v) is 6.78. The molecule has 0 radical (unpaired) electrons. The Bertz CT molecular complexity index is 556. The van der Waals surface area contributed by atoms with Gasteiger partial charge >= 0.3 is 0 Å².